The third-order valence-corrected chi connectivity index (χ3v) is 2.70. The molecule has 1 aromatic carbocycles. The standard InChI is InChI=1S/C10H14OS/c1-7(2)12-10-6-9(11)5-4-8(10)3/h4-7,11H,1-3H3. The van der Waals surface area contributed by atoms with Crippen LogP contribution in [0.3, 0.4) is 0 Å². The number of thioether (sulfide) groups is 1. The van der Waals surface area contributed by atoms with Crippen molar-refractivity contribution in [2.75, 3.05) is 0 Å². The molecule has 0 atom stereocenters. The zero-order valence-electron chi connectivity index (χ0n) is 7.66. The SMILES string of the molecule is Cc1ccc(O)cc1SC(C)C. The molecule has 0 bridgehead atoms. The third kappa shape index (κ3) is 2.45. The maximum Gasteiger partial charge on any atom is 0.116 e. The Hall–Kier alpha value is -0.630. The van der Waals surface area contributed by atoms with Crippen LogP contribution in [0.1, 0.15) is 19.4 Å². The normalized spacial score (nSPS) is 10.7. The number of aryl methyl sites for hydroxylation is 1. The van der Waals surface area contributed by atoms with E-state index >= 15 is 0 Å². The zero-order chi connectivity index (χ0) is 9.14. The highest BCUT2D eigenvalue weighted by Crippen LogP contribution is 2.28. The van der Waals surface area contributed by atoms with Gasteiger partial charge in [-0.3, -0.25) is 0 Å². The molecule has 1 N–H and O–H groups in total. The van der Waals surface area contributed by atoms with Crippen molar-refractivity contribution in [1.82, 2.24) is 0 Å². The van der Waals surface area contributed by atoms with Crippen molar-refractivity contribution in [3.63, 3.8) is 0 Å². The first-order chi connectivity index (χ1) is 5.59. The Morgan fingerprint density at radius 3 is 2.58 bits per heavy atom. The summed E-state index contributed by atoms with van der Waals surface area (Å²) in [7, 11) is 0. The minimum atomic E-state index is 0.351. The number of phenolic OH excluding ortho intramolecular Hbond substituents is 1. The van der Waals surface area contributed by atoms with Crippen molar-refractivity contribution in [1.29, 1.82) is 0 Å². The van der Waals surface area contributed by atoms with Gasteiger partial charge < -0.3 is 5.11 Å². The fourth-order valence-corrected chi connectivity index (χ4v) is 1.92. The molecule has 0 radical (unpaired) electrons. The van der Waals surface area contributed by atoms with Crippen LogP contribution in [0.4, 0.5) is 0 Å². The molecule has 1 rings (SSSR count). The molecule has 0 amide bonds. The van der Waals surface area contributed by atoms with Gasteiger partial charge in [0, 0.05) is 10.1 Å². The monoisotopic (exact) mass is 182 g/mol. The number of aromatic hydroxyl groups is 1. The summed E-state index contributed by atoms with van der Waals surface area (Å²) >= 11 is 1.78. The van der Waals surface area contributed by atoms with Crippen LogP contribution in [0, 0.1) is 6.92 Å². The molecule has 12 heavy (non-hydrogen) atoms. The lowest BCUT2D eigenvalue weighted by Crippen LogP contribution is -1.87. The van der Waals surface area contributed by atoms with Gasteiger partial charge in [0.05, 0.1) is 0 Å². The highest BCUT2D eigenvalue weighted by Gasteiger charge is 2.02. The van der Waals surface area contributed by atoms with E-state index in [9.17, 15) is 5.11 Å². The van der Waals surface area contributed by atoms with Crippen LogP contribution in [0.2, 0.25) is 0 Å². The zero-order valence-corrected chi connectivity index (χ0v) is 8.48. The number of hydrogen-bond acceptors (Lipinski definition) is 2. The predicted molar refractivity (Wildman–Crippen MR) is 53.8 cm³/mol. The fraction of sp³-hybridized carbons (Fsp3) is 0.400. The molecule has 66 valence electrons. The van der Waals surface area contributed by atoms with Gasteiger partial charge in [-0.05, 0) is 24.6 Å². The Balaban J connectivity index is 2.90. The predicted octanol–water partition coefficient (Wildman–Crippen LogP) is 3.20. The van der Waals surface area contributed by atoms with Crippen LogP contribution < -0.4 is 0 Å². The van der Waals surface area contributed by atoms with Gasteiger partial charge in [-0.1, -0.05) is 19.9 Å². The molecule has 0 spiro atoms. The molecular formula is C10H14OS. The quantitative estimate of drug-likeness (QED) is 0.709. The molecule has 0 unspecified atom stereocenters. The number of hydrogen-bond donors (Lipinski definition) is 1. The summed E-state index contributed by atoms with van der Waals surface area (Å²) in [5.74, 6) is 0.351. The van der Waals surface area contributed by atoms with Gasteiger partial charge in [-0.25, -0.2) is 0 Å². The summed E-state index contributed by atoms with van der Waals surface area (Å²) in [6.45, 7) is 6.35. The van der Waals surface area contributed by atoms with Gasteiger partial charge in [-0.15, -0.1) is 11.8 Å². The Kier molecular flexibility index (Phi) is 3.04. The summed E-state index contributed by atoms with van der Waals surface area (Å²) in [5, 5.41) is 9.80. The lowest BCUT2D eigenvalue weighted by molar-refractivity contribution is 0.473. The third-order valence-electron chi connectivity index (χ3n) is 1.53. The van der Waals surface area contributed by atoms with Gasteiger partial charge in [0.25, 0.3) is 0 Å². The van der Waals surface area contributed by atoms with Gasteiger partial charge >= 0.3 is 0 Å². The van der Waals surface area contributed by atoms with E-state index in [0.29, 0.717) is 11.0 Å². The van der Waals surface area contributed by atoms with Crippen LogP contribution >= 0.6 is 11.8 Å². The van der Waals surface area contributed by atoms with Crippen LogP contribution in [0.5, 0.6) is 5.75 Å². The Morgan fingerprint density at radius 1 is 1.33 bits per heavy atom. The van der Waals surface area contributed by atoms with Crippen molar-refractivity contribution >= 4 is 11.8 Å². The number of benzene rings is 1. The molecule has 0 aliphatic heterocycles. The number of rotatable bonds is 2. The van der Waals surface area contributed by atoms with E-state index in [1.807, 2.05) is 12.1 Å². The van der Waals surface area contributed by atoms with E-state index in [2.05, 4.69) is 20.8 Å². The Labute approximate surface area is 77.8 Å². The average Bonchev–Trinajstić information content (AvgIpc) is 1.96. The van der Waals surface area contributed by atoms with Crippen molar-refractivity contribution in [3.05, 3.63) is 23.8 Å². The maximum absolute atomic E-state index is 9.24. The molecule has 0 aliphatic carbocycles. The van der Waals surface area contributed by atoms with E-state index < -0.39 is 0 Å². The lowest BCUT2D eigenvalue weighted by Gasteiger charge is -2.07. The molecule has 0 heterocycles. The topological polar surface area (TPSA) is 20.2 Å². The first kappa shape index (κ1) is 9.46. The molecule has 0 fully saturated rings. The van der Waals surface area contributed by atoms with Crippen LogP contribution in [0.25, 0.3) is 0 Å². The van der Waals surface area contributed by atoms with Gasteiger partial charge in [-0.2, -0.15) is 0 Å². The number of phenols is 1. The van der Waals surface area contributed by atoms with E-state index in [1.165, 1.54) is 10.5 Å². The highest BCUT2D eigenvalue weighted by atomic mass is 32.2. The fourth-order valence-electron chi connectivity index (χ4n) is 0.970. The second-order valence-corrected chi connectivity index (χ2v) is 4.73. The maximum atomic E-state index is 9.24. The van der Waals surface area contributed by atoms with Crippen LogP contribution in [0.15, 0.2) is 23.1 Å². The van der Waals surface area contributed by atoms with Crippen molar-refractivity contribution in [3.8, 4) is 5.75 Å². The molecular weight excluding hydrogens is 168 g/mol. The summed E-state index contributed by atoms with van der Waals surface area (Å²) in [5.41, 5.74) is 1.23. The van der Waals surface area contributed by atoms with Crippen molar-refractivity contribution < 1.29 is 5.11 Å². The van der Waals surface area contributed by atoms with E-state index in [-0.39, 0.29) is 0 Å². The summed E-state index contributed by atoms with van der Waals surface area (Å²) in [4.78, 5) is 1.17. The second kappa shape index (κ2) is 3.85. The molecule has 0 saturated heterocycles. The van der Waals surface area contributed by atoms with Crippen LogP contribution in [-0.2, 0) is 0 Å². The summed E-state index contributed by atoms with van der Waals surface area (Å²) in [6, 6.07) is 5.49. The van der Waals surface area contributed by atoms with Gasteiger partial charge in [0.2, 0.25) is 0 Å². The van der Waals surface area contributed by atoms with Crippen molar-refractivity contribution in [2.24, 2.45) is 0 Å². The molecule has 1 nitrogen and oxygen atoms in total. The van der Waals surface area contributed by atoms with Gasteiger partial charge in [0.1, 0.15) is 5.75 Å². The van der Waals surface area contributed by atoms with Gasteiger partial charge in [0.15, 0.2) is 0 Å². The van der Waals surface area contributed by atoms with E-state index in [0.717, 1.165) is 0 Å². The van der Waals surface area contributed by atoms with Crippen molar-refractivity contribution in [2.45, 2.75) is 30.9 Å². The van der Waals surface area contributed by atoms with E-state index in [1.54, 1.807) is 17.8 Å². The summed E-state index contributed by atoms with van der Waals surface area (Å²) in [6.07, 6.45) is 0. The molecule has 0 saturated carbocycles. The largest absolute Gasteiger partial charge is 0.508 e. The molecule has 1 aromatic rings. The van der Waals surface area contributed by atoms with Crippen LogP contribution in [-0.4, -0.2) is 10.4 Å². The average molecular weight is 182 g/mol. The first-order valence-corrected chi connectivity index (χ1v) is 4.94. The second-order valence-electron chi connectivity index (χ2n) is 3.12. The minimum Gasteiger partial charge on any atom is -0.508 e. The minimum absolute atomic E-state index is 0.351. The smallest absolute Gasteiger partial charge is 0.116 e. The Bertz CT molecular complexity index is 269. The molecule has 0 aliphatic rings. The summed E-state index contributed by atoms with van der Waals surface area (Å²) < 4.78 is 0. The lowest BCUT2D eigenvalue weighted by atomic mass is 10.2. The molecule has 0 aromatic heterocycles. The van der Waals surface area contributed by atoms with E-state index in [4.69, 9.17) is 0 Å². The Morgan fingerprint density at radius 2 is 2.00 bits per heavy atom. The first-order valence-electron chi connectivity index (χ1n) is 4.06. The molecule has 2 heteroatoms. The highest BCUT2D eigenvalue weighted by molar-refractivity contribution is 8.00.